The predicted molar refractivity (Wildman–Crippen MR) is 163 cm³/mol. The van der Waals surface area contributed by atoms with Crippen LogP contribution in [-0.4, -0.2) is 48.3 Å². The molecule has 40 heavy (non-hydrogen) atoms. The van der Waals surface area contributed by atoms with Gasteiger partial charge in [-0.2, -0.15) is 0 Å². The first-order valence-corrected chi connectivity index (χ1v) is 14.6. The zero-order valence-electron chi connectivity index (χ0n) is 23.5. The monoisotopic (exact) mass is 601 g/mol. The highest BCUT2D eigenvalue weighted by molar-refractivity contribution is 8.04. The van der Waals surface area contributed by atoms with Crippen molar-refractivity contribution < 1.29 is 19.1 Å². The highest BCUT2D eigenvalue weighted by Gasteiger charge is 2.72. The van der Waals surface area contributed by atoms with E-state index in [9.17, 15) is 9.59 Å². The van der Waals surface area contributed by atoms with Crippen LogP contribution in [0, 0.1) is 5.41 Å². The van der Waals surface area contributed by atoms with Gasteiger partial charge in [-0.25, -0.2) is 9.79 Å². The van der Waals surface area contributed by atoms with Gasteiger partial charge < -0.3 is 14.4 Å². The Balaban J connectivity index is 2.18. The summed E-state index contributed by atoms with van der Waals surface area (Å²) in [5, 5.41) is 3.15. The van der Waals surface area contributed by atoms with E-state index in [2.05, 4.69) is 11.8 Å². The average molecular weight is 603 g/mol. The largest absolute Gasteiger partial charge is 0.468 e. The summed E-state index contributed by atoms with van der Waals surface area (Å²) in [6.07, 6.45) is 1.82. The Kier molecular flexibility index (Phi) is 8.93. The minimum Gasteiger partial charge on any atom is -0.468 e. The van der Waals surface area contributed by atoms with Crippen LogP contribution in [0.25, 0.3) is 0 Å². The molecule has 2 aromatic rings. The molecule has 2 aliphatic heterocycles. The fourth-order valence-corrected chi connectivity index (χ4v) is 7.23. The molecule has 2 heterocycles. The van der Waals surface area contributed by atoms with Crippen molar-refractivity contribution in [2.24, 2.45) is 10.4 Å². The molecule has 7 nitrogen and oxygen atoms in total. The van der Waals surface area contributed by atoms with Crippen molar-refractivity contribution in [3.63, 3.8) is 0 Å². The number of carbonyl (C=O) groups is 2. The second kappa shape index (κ2) is 11.9. The number of carbonyl (C=O) groups excluding carboxylic acids is 2. The van der Waals surface area contributed by atoms with Gasteiger partial charge in [0.15, 0.2) is 10.3 Å². The molecule has 0 aliphatic carbocycles. The number of ether oxygens (including phenoxy) is 2. The molecular weight excluding hydrogens is 569 g/mol. The van der Waals surface area contributed by atoms with Crippen molar-refractivity contribution in [2.75, 3.05) is 25.7 Å². The summed E-state index contributed by atoms with van der Waals surface area (Å²) in [6.45, 7) is 8.35. The number of rotatable bonds is 7. The van der Waals surface area contributed by atoms with Crippen molar-refractivity contribution in [2.45, 2.75) is 45.4 Å². The SMILES string of the molecule is CCCCN1C(C)=CS[C@]12/C(=C(/C)C(=O)OC)N(c1ccc(Cl)cc1)C(=Nc1ccc(Cl)cc1)[C@]2(C)C(=O)OC. The summed E-state index contributed by atoms with van der Waals surface area (Å²) in [7, 11) is 2.72. The quantitative estimate of drug-likeness (QED) is 0.239. The average Bonchev–Trinajstić information content (AvgIpc) is 3.40. The van der Waals surface area contributed by atoms with Gasteiger partial charge in [-0.15, -0.1) is 0 Å². The number of halogens is 2. The second-order valence-corrected chi connectivity index (χ2v) is 11.8. The van der Waals surface area contributed by atoms with Gasteiger partial charge in [-0.1, -0.05) is 48.3 Å². The molecule has 0 amide bonds. The van der Waals surface area contributed by atoms with Gasteiger partial charge in [0.2, 0.25) is 0 Å². The Bertz CT molecular complexity index is 1390. The third kappa shape index (κ3) is 4.80. The molecule has 10 heteroatoms. The van der Waals surface area contributed by atoms with Crippen molar-refractivity contribution in [3.8, 4) is 0 Å². The Hall–Kier alpha value is -2.94. The van der Waals surface area contributed by atoms with Crippen LogP contribution in [0.5, 0.6) is 0 Å². The van der Waals surface area contributed by atoms with E-state index in [0.717, 1.165) is 18.5 Å². The predicted octanol–water partition coefficient (Wildman–Crippen LogP) is 7.58. The fourth-order valence-electron chi connectivity index (χ4n) is 5.38. The summed E-state index contributed by atoms with van der Waals surface area (Å²) >= 11 is 13.9. The molecule has 0 aromatic heterocycles. The molecular formula is C30H33Cl2N3O4S. The zero-order valence-corrected chi connectivity index (χ0v) is 25.8. The molecule has 0 radical (unpaired) electrons. The van der Waals surface area contributed by atoms with Gasteiger partial charge in [0, 0.05) is 28.0 Å². The Labute approximate surface area is 249 Å². The van der Waals surface area contributed by atoms with Gasteiger partial charge in [0.25, 0.3) is 0 Å². The summed E-state index contributed by atoms with van der Waals surface area (Å²) in [6, 6.07) is 14.3. The first-order valence-electron chi connectivity index (χ1n) is 13.0. The van der Waals surface area contributed by atoms with E-state index in [1.54, 1.807) is 43.3 Å². The third-order valence-corrected chi connectivity index (χ3v) is 9.54. The number of amidine groups is 1. The van der Waals surface area contributed by atoms with Gasteiger partial charge in [-0.3, -0.25) is 9.69 Å². The highest BCUT2D eigenvalue weighted by Crippen LogP contribution is 2.64. The number of nitrogens with zero attached hydrogens (tertiary/aromatic N) is 3. The maximum absolute atomic E-state index is 14.1. The Morgan fingerprint density at radius 2 is 1.60 bits per heavy atom. The van der Waals surface area contributed by atoms with Gasteiger partial charge >= 0.3 is 11.9 Å². The molecule has 0 N–H and O–H groups in total. The Morgan fingerprint density at radius 1 is 1.00 bits per heavy atom. The summed E-state index contributed by atoms with van der Waals surface area (Å²) in [4.78, 5) is 35.5. The van der Waals surface area contributed by atoms with Crippen LogP contribution in [0.1, 0.15) is 40.5 Å². The molecule has 2 aliphatic rings. The van der Waals surface area contributed by atoms with Crippen LogP contribution < -0.4 is 4.90 Å². The van der Waals surface area contributed by atoms with E-state index in [4.69, 9.17) is 37.7 Å². The van der Waals surface area contributed by atoms with Gasteiger partial charge in [-0.05, 0) is 81.1 Å². The smallest absolute Gasteiger partial charge is 0.335 e. The number of methoxy groups -OCH3 is 2. The van der Waals surface area contributed by atoms with Crippen LogP contribution in [-0.2, 0) is 19.1 Å². The molecule has 0 bridgehead atoms. The summed E-state index contributed by atoms with van der Waals surface area (Å²) in [5.74, 6) is -0.586. The lowest BCUT2D eigenvalue weighted by atomic mass is 9.79. The number of benzene rings is 2. The maximum Gasteiger partial charge on any atom is 0.335 e. The molecule has 0 saturated carbocycles. The number of unbranched alkanes of at least 4 members (excludes halogenated alkanes) is 1. The first-order chi connectivity index (χ1) is 19.1. The highest BCUT2D eigenvalue weighted by atomic mass is 35.5. The molecule has 2 atom stereocenters. The molecule has 1 saturated heterocycles. The first kappa shape index (κ1) is 30.0. The zero-order chi connectivity index (χ0) is 29.2. The van der Waals surface area contributed by atoms with Crippen molar-refractivity contribution in [1.29, 1.82) is 0 Å². The van der Waals surface area contributed by atoms with Crippen LogP contribution in [0.4, 0.5) is 11.4 Å². The second-order valence-electron chi connectivity index (χ2n) is 9.83. The number of hydrogen-bond donors (Lipinski definition) is 0. The number of allylic oxidation sites excluding steroid dienone is 1. The number of esters is 2. The van der Waals surface area contributed by atoms with Gasteiger partial charge in [0.05, 0.1) is 31.2 Å². The fraction of sp³-hybridized carbons (Fsp3) is 0.367. The van der Waals surface area contributed by atoms with Crippen molar-refractivity contribution in [1.82, 2.24) is 4.90 Å². The summed E-state index contributed by atoms with van der Waals surface area (Å²) < 4.78 is 10.8. The topological polar surface area (TPSA) is 71.4 Å². The Morgan fingerprint density at radius 3 is 2.15 bits per heavy atom. The van der Waals surface area contributed by atoms with Crippen LogP contribution in [0.2, 0.25) is 10.0 Å². The van der Waals surface area contributed by atoms with Crippen LogP contribution in [0.15, 0.2) is 75.9 Å². The van der Waals surface area contributed by atoms with Crippen molar-refractivity contribution >= 4 is 64.1 Å². The van der Waals surface area contributed by atoms with E-state index in [0.29, 0.717) is 45.1 Å². The van der Waals surface area contributed by atoms with E-state index >= 15 is 0 Å². The van der Waals surface area contributed by atoms with E-state index in [1.165, 1.54) is 26.0 Å². The molecule has 4 rings (SSSR count). The minimum atomic E-state index is -1.38. The number of hydrogen-bond acceptors (Lipinski definition) is 7. The van der Waals surface area contributed by atoms with Gasteiger partial charge in [0.1, 0.15) is 5.84 Å². The molecule has 0 unspecified atom stereocenters. The lowest BCUT2D eigenvalue weighted by molar-refractivity contribution is -0.150. The lowest BCUT2D eigenvalue weighted by Gasteiger charge is -2.45. The molecule has 1 spiro atoms. The standard InChI is InChI=1S/C30H33Cl2N3O4S/c1-7-8-17-34-19(2)18-40-30(34)25(20(3)26(36)38-5)35(24-15-11-22(32)12-16-24)27(29(30,4)28(37)39-6)33-23-13-9-21(31)10-14-23/h9-16,18H,7-8,17H2,1-6H3/b25-20+,33-27?/t29-,30+/m1/s1. The van der Waals surface area contributed by atoms with Crippen LogP contribution >= 0.6 is 35.0 Å². The summed E-state index contributed by atoms with van der Waals surface area (Å²) in [5.41, 5.74) is 1.81. The molecule has 1 fully saturated rings. The molecule has 2 aromatic carbocycles. The van der Waals surface area contributed by atoms with E-state index in [-0.39, 0.29) is 0 Å². The normalized spacial score (nSPS) is 24.5. The number of aliphatic imine (C=N–C) groups is 1. The van der Waals surface area contributed by atoms with E-state index < -0.39 is 22.2 Å². The maximum atomic E-state index is 14.1. The van der Waals surface area contributed by atoms with E-state index in [1.807, 2.05) is 36.3 Å². The third-order valence-electron chi connectivity index (χ3n) is 7.41. The minimum absolute atomic E-state index is 0.353. The van der Waals surface area contributed by atoms with Crippen LogP contribution in [0.3, 0.4) is 0 Å². The molecule has 212 valence electrons. The lowest BCUT2D eigenvalue weighted by Crippen LogP contribution is -2.58. The van der Waals surface area contributed by atoms with Crippen molar-refractivity contribution in [3.05, 3.63) is 81.0 Å². The number of anilines is 1. The number of thioether (sulfide) groups is 1.